The van der Waals surface area contributed by atoms with E-state index in [-0.39, 0.29) is 11.8 Å². The fourth-order valence-corrected chi connectivity index (χ4v) is 2.11. The van der Waals surface area contributed by atoms with E-state index < -0.39 is 0 Å². The summed E-state index contributed by atoms with van der Waals surface area (Å²) in [6, 6.07) is 14.1. The Bertz CT molecular complexity index is 694. The summed E-state index contributed by atoms with van der Waals surface area (Å²) in [5, 5.41) is 2.80. The fourth-order valence-electron chi connectivity index (χ4n) is 2.11. The van der Waals surface area contributed by atoms with E-state index in [9.17, 15) is 9.59 Å². The molecular weight excluding hydrogens is 292 g/mol. The summed E-state index contributed by atoms with van der Waals surface area (Å²) in [6.07, 6.45) is 0. The van der Waals surface area contributed by atoms with E-state index >= 15 is 0 Å². The molecule has 0 radical (unpaired) electrons. The van der Waals surface area contributed by atoms with Crippen molar-refractivity contribution in [1.29, 1.82) is 0 Å². The number of anilines is 1. The molecule has 0 aliphatic heterocycles. The quantitative estimate of drug-likeness (QED) is 0.923. The van der Waals surface area contributed by atoms with Gasteiger partial charge >= 0.3 is 0 Å². The highest BCUT2D eigenvalue weighted by molar-refractivity contribution is 6.05. The largest absolute Gasteiger partial charge is 0.380 e. The van der Waals surface area contributed by atoms with E-state index in [4.69, 9.17) is 4.74 Å². The molecule has 0 bridgehead atoms. The number of ether oxygens (including phenoxy) is 1. The molecule has 0 saturated carbocycles. The second-order valence-electron chi connectivity index (χ2n) is 5.36. The lowest BCUT2D eigenvalue weighted by Crippen LogP contribution is -2.21. The Morgan fingerprint density at radius 2 is 1.74 bits per heavy atom. The molecule has 0 spiro atoms. The molecule has 23 heavy (non-hydrogen) atoms. The third-order valence-electron chi connectivity index (χ3n) is 3.30. The van der Waals surface area contributed by atoms with Crippen LogP contribution in [-0.4, -0.2) is 37.9 Å². The summed E-state index contributed by atoms with van der Waals surface area (Å²) in [4.78, 5) is 25.7. The van der Waals surface area contributed by atoms with Crippen LogP contribution in [-0.2, 0) is 11.3 Å². The van der Waals surface area contributed by atoms with Gasteiger partial charge in [0.2, 0.25) is 0 Å². The number of benzene rings is 2. The Hall–Kier alpha value is -2.66. The maximum atomic E-state index is 12.3. The van der Waals surface area contributed by atoms with Crippen molar-refractivity contribution in [1.82, 2.24) is 4.90 Å². The minimum absolute atomic E-state index is 0.106. The number of carbonyl (C=O) groups excluding carboxylic acids is 2. The number of methoxy groups -OCH3 is 1. The van der Waals surface area contributed by atoms with Crippen LogP contribution in [0.15, 0.2) is 48.5 Å². The summed E-state index contributed by atoms with van der Waals surface area (Å²) in [6.45, 7) is 0.511. The summed E-state index contributed by atoms with van der Waals surface area (Å²) in [5.74, 6) is -0.326. The molecule has 2 rings (SSSR count). The molecule has 1 N–H and O–H groups in total. The van der Waals surface area contributed by atoms with Gasteiger partial charge in [0, 0.05) is 38.0 Å². The second kappa shape index (κ2) is 7.56. The van der Waals surface area contributed by atoms with Gasteiger partial charge in [0.25, 0.3) is 11.8 Å². The number of amides is 2. The van der Waals surface area contributed by atoms with Gasteiger partial charge in [0.15, 0.2) is 0 Å². The van der Waals surface area contributed by atoms with E-state index in [2.05, 4.69) is 5.32 Å². The predicted octanol–water partition coefficient (Wildman–Crippen LogP) is 2.79. The van der Waals surface area contributed by atoms with E-state index in [0.717, 1.165) is 5.56 Å². The van der Waals surface area contributed by atoms with Crippen molar-refractivity contribution in [2.45, 2.75) is 6.61 Å². The van der Waals surface area contributed by atoms with Gasteiger partial charge in [-0.25, -0.2) is 0 Å². The average molecular weight is 312 g/mol. The third-order valence-corrected chi connectivity index (χ3v) is 3.30. The Morgan fingerprint density at radius 3 is 2.35 bits per heavy atom. The van der Waals surface area contributed by atoms with Crippen molar-refractivity contribution in [3.05, 3.63) is 65.2 Å². The zero-order chi connectivity index (χ0) is 16.8. The van der Waals surface area contributed by atoms with Gasteiger partial charge in [-0.3, -0.25) is 9.59 Å². The predicted molar refractivity (Wildman–Crippen MR) is 89.6 cm³/mol. The molecule has 5 nitrogen and oxygen atoms in total. The van der Waals surface area contributed by atoms with Crippen LogP contribution in [0.25, 0.3) is 0 Å². The van der Waals surface area contributed by atoms with Crippen LogP contribution < -0.4 is 5.32 Å². The lowest BCUT2D eigenvalue weighted by molar-refractivity contribution is 0.0827. The van der Waals surface area contributed by atoms with E-state index in [1.165, 1.54) is 4.90 Å². The van der Waals surface area contributed by atoms with Gasteiger partial charge in [-0.05, 0) is 35.9 Å². The van der Waals surface area contributed by atoms with Crippen LogP contribution in [0.5, 0.6) is 0 Å². The van der Waals surface area contributed by atoms with Gasteiger partial charge in [0.05, 0.1) is 6.61 Å². The highest BCUT2D eigenvalue weighted by Gasteiger charge is 2.10. The first kappa shape index (κ1) is 16.7. The Balaban J connectivity index is 2.10. The van der Waals surface area contributed by atoms with E-state index in [0.29, 0.717) is 23.4 Å². The zero-order valence-electron chi connectivity index (χ0n) is 13.5. The molecule has 2 amide bonds. The van der Waals surface area contributed by atoms with Crippen molar-refractivity contribution in [2.24, 2.45) is 0 Å². The average Bonchev–Trinajstić information content (AvgIpc) is 2.55. The van der Waals surface area contributed by atoms with Crippen LogP contribution in [0.4, 0.5) is 5.69 Å². The Labute approximate surface area is 135 Å². The molecule has 2 aromatic rings. The number of nitrogens with zero attached hydrogens (tertiary/aromatic N) is 1. The van der Waals surface area contributed by atoms with Gasteiger partial charge < -0.3 is 15.0 Å². The monoisotopic (exact) mass is 312 g/mol. The normalized spacial score (nSPS) is 10.2. The Morgan fingerprint density at radius 1 is 1.04 bits per heavy atom. The first-order valence-electron chi connectivity index (χ1n) is 7.22. The maximum absolute atomic E-state index is 12.3. The van der Waals surface area contributed by atoms with Crippen molar-refractivity contribution in [2.75, 3.05) is 26.5 Å². The fraction of sp³-hybridized carbons (Fsp3) is 0.222. The molecule has 5 heteroatoms. The molecule has 120 valence electrons. The number of nitrogens with one attached hydrogen (secondary N) is 1. The number of hydrogen-bond acceptors (Lipinski definition) is 3. The van der Waals surface area contributed by atoms with E-state index in [1.807, 2.05) is 12.1 Å². The van der Waals surface area contributed by atoms with Gasteiger partial charge in [-0.15, -0.1) is 0 Å². The van der Waals surface area contributed by atoms with Crippen LogP contribution in [0.1, 0.15) is 26.3 Å². The van der Waals surface area contributed by atoms with E-state index in [1.54, 1.807) is 57.6 Å². The number of rotatable bonds is 5. The lowest BCUT2D eigenvalue weighted by Gasteiger charge is -2.12. The molecule has 0 saturated heterocycles. The van der Waals surface area contributed by atoms with Crippen LogP contribution in [0, 0.1) is 0 Å². The molecule has 0 aliphatic rings. The van der Waals surface area contributed by atoms with Gasteiger partial charge in [-0.1, -0.05) is 18.2 Å². The standard InChI is InChI=1S/C18H20N2O3/c1-20(2)18(22)15-5-4-6-16(11-15)19-17(21)14-9-7-13(8-10-14)12-23-3/h4-11H,12H2,1-3H3,(H,19,21). The molecule has 0 aromatic heterocycles. The lowest BCUT2D eigenvalue weighted by atomic mass is 10.1. The molecule has 0 unspecified atom stereocenters. The molecule has 0 heterocycles. The topological polar surface area (TPSA) is 58.6 Å². The second-order valence-corrected chi connectivity index (χ2v) is 5.36. The maximum Gasteiger partial charge on any atom is 0.255 e. The van der Waals surface area contributed by atoms with Crippen LogP contribution in [0.2, 0.25) is 0 Å². The summed E-state index contributed by atoms with van der Waals surface area (Å²) < 4.78 is 5.04. The highest BCUT2D eigenvalue weighted by Crippen LogP contribution is 2.14. The van der Waals surface area contributed by atoms with Gasteiger partial charge in [0.1, 0.15) is 0 Å². The van der Waals surface area contributed by atoms with Crippen molar-refractivity contribution in [3.8, 4) is 0 Å². The van der Waals surface area contributed by atoms with Crippen LogP contribution >= 0.6 is 0 Å². The van der Waals surface area contributed by atoms with Crippen molar-refractivity contribution in [3.63, 3.8) is 0 Å². The van der Waals surface area contributed by atoms with Gasteiger partial charge in [-0.2, -0.15) is 0 Å². The minimum atomic E-state index is -0.219. The summed E-state index contributed by atoms with van der Waals surface area (Å²) >= 11 is 0. The SMILES string of the molecule is COCc1ccc(C(=O)Nc2cccc(C(=O)N(C)C)c2)cc1. The molecule has 0 fully saturated rings. The summed E-state index contributed by atoms with van der Waals surface area (Å²) in [5.41, 5.74) is 2.67. The molecule has 0 atom stereocenters. The first-order valence-corrected chi connectivity index (χ1v) is 7.22. The third kappa shape index (κ3) is 4.40. The highest BCUT2D eigenvalue weighted by atomic mass is 16.5. The summed E-state index contributed by atoms with van der Waals surface area (Å²) in [7, 11) is 5.01. The molecular formula is C18H20N2O3. The molecule has 2 aromatic carbocycles. The molecule has 0 aliphatic carbocycles. The van der Waals surface area contributed by atoms with Crippen molar-refractivity contribution < 1.29 is 14.3 Å². The first-order chi connectivity index (χ1) is 11.0. The van der Waals surface area contributed by atoms with Crippen LogP contribution in [0.3, 0.4) is 0 Å². The smallest absolute Gasteiger partial charge is 0.255 e. The van der Waals surface area contributed by atoms with Crippen molar-refractivity contribution >= 4 is 17.5 Å². The number of hydrogen-bond donors (Lipinski definition) is 1. The Kier molecular flexibility index (Phi) is 5.49. The zero-order valence-corrected chi connectivity index (χ0v) is 13.5. The number of carbonyl (C=O) groups is 2. The minimum Gasteiger partial charge on any atom is -0.380 e.